The molecule has 3 nitrogen and oxygen atoms in total. The molecule has 0 saturated carbocycles. The Bertz CT molecular complexity index is 885. The lowest BCUT2D eigenvalue weighted by Gasteiger charge is -2.05. The predicted molar refractivity (Wildman–Crippen MR) is 79.5 cm³/mol. The van der Waals surface area contributed by atoms with E-state index in [1.807, 2.05) is 0 Å². The first-order chi connectivity index (χ1) is 11.0. The number of hydrogen-bond acceptors (Lipinski definition) is 2. The minimum Gasteiger partial charge on any atom is -0.424 e. The Hall–Kier alpha value is -2.76. The van der Waals surface area contributed by atoms with E-state index in [0.29, 0.717) is 5.56 Å². The van der Waals surface area contributed by atoms with Gasteiger partial charge in [-0.05, 0) is 30.3 Å². The van der Waals surface area contributed by atoms with Crippen molar-refractivity contribution in [2.45, 2.75) is 13.3 Å². The van der Waals surface area contributed by atoms with Crippen LogP contribution in [0.2, 0.25) is 0 Å². The number of esters is 1. The number of aromatic amines is 1. The molecule has 0 aliphatic carbocycles. The average Bonchev–Trinajstić information content (AvgIpc) is 2.87. The van der Waals surface area contributed by atoms with Crippen LogP contribution in [0.25, 0.3) is 22.2 Å². The van der Waals surface area contributed by atoms with Crippen molar-refractivity contribution in [3.8, 4) is 17.0 Å². The highest BCUT2D eigenvalue weighted by molar-refractivity contribution is 5.96. The number of ether oxygens (including phenoxy) is 1. The van der Waals surface area contributed by atoms with Crippen LogP contribution < -0.4 is 4.74 Å². The van der Waals surface area contributed by atoms with Crippen LogP contribution in [0.1, 0.15) is 13.3 Å². The Morgan fingerprint density at radius 3 is 2.43 bits per heavy atom. The van der Waals surface area contributed by atoms with E-state index in [1.54, 1.807) is 6.92 Å². The molecule has 0 unspecified atom stereocenters. The van der Waals surface area contributed by atoms with E-state index in [4.69, 9.17) is 4.74 Å². The van der Waals surface area contributed by atoms with Crippen molar-refractivity contribution in [3.63, 3.8) is 0 Å². The Morgan fingerprint density at radius 2 is 1.78 bits per heavy atom. The maximum absolute atomic E-state index is 14.0. The highest BCUT2D eigenvalue weighted by Gasteiger charge is 2.20. The second-order valence-electron chi connectivity index (χ2n) is 4.97. The van der Waals surface area contributed by atoms with E-state index in [9.17, 15) is 18.0 Å². The third-order valence-corrected chi connectivity index (χ3v) is 3.41. The van der Waals surface area contributed by atoms with Crippen molar-refractivity contribution in [1.29, 1.82) is 0 Å². The van der Waals surface area contributed by atoms with Crippen LogP contribution >= 0.6 is 0 Å². The minimum atomic E-state index is -0.804. The van der Waals surface area contributed by atoms with Gasteiger partial charge in [0.1, 0.15) is 17.5 Å². The predicted octanol–water partition coefficient (Wildman–Crippen LogP) is 4.57. The van der Waals surface area contributed by atoms with Crippen LogP contribution in [-0.4, -0.2) is 11.0 Å². The quantitative estimate of drug-likeness (QED) is 0.719. The summed E-state index contributed by atoms with van der Waals surface area (Å²) in [7, 11) is 0. The second kappa shape index (κ2) is 5.79. The van der Waals surface area contributed by atoms with Gasteiger partial charge in [0, 0.05) is 23.4 Å². The van der Waals surface area contributed by atoms with Gasteiger partial charge in [-0.2, -0.15) is 0 Å². The number of fused-ring (bicyclic) bond motifs is 1. The number of rotatable bonds is 3. The maximum Gasteiger partial charge on any atom is 0.310 e. The molecule has 0 radical (unpaired) electrons. The van der Waals surface area contributed by atoms with Crippen molar-refractivity contribution >= 4 is 16.9 Å². The summed E-state index contributed by atoms with van der Waals surface area (Å²) in [6.07, 6.45) is 0.104. The molecule has 118 valence electrons. The molecule has 3 aromatic rings. The summed E-state index contributed by atoms with van der Waals surface area (Å²) in [6, 6.07) is 7.18. The number of carbonyl (C=O) groups excluding carboxylic acids is 1. The van der Waals surface area contributed by atoms with Gasteiger partial charge in [0.05, 0.1) is 11.2 Å². The van der Waals surface area contributed by atoms with Crippen LogP contribution in [0.4, 0.5) is 13.2 Å². The molecule has 1 heterocycles. The van der Waals surface area contributed by atoms with E-state index >= 15 is 0 Å². The van der Waals surface area contributed by atoms with Crippen LogP contribution in [0, 0.1) is 17.5 Å². The topological polar surface area (TPSA) is 42.1 Å². The number of carbonyl (C=O) groups is 1. The molecule has 0 aliphatic rings. The largest absolute Gasteiger partial charge is 0.424 e. The van der Waals surface area contributed by atoms with Gasteiger partial charge in [0.25, 0.3) is 0 Å². The minimum absolute atomic E-state index is 0.0182. The fraction of sp³-hybridized carbons (Fsp3) is 0.118. The molecule has 0 bridgehead atoms. The summed E-state index contributed by atoms with van der Waals surface area (Å²) >= 11 is 0. The normalized spacial score (nSPS) is 11.0. The summed E-state index contributed by atoms with van der Waals surface area (Å²) in [4.78, 5) is 14.4. The van der Waals surface area contributed by atoms with Crippen molar-refractivity contribution in [3.05, 3.63) is 53.8 Å². The highest BCUT2D eigenvalue weighted by atomic mass is 19.1. The van der Waals surface area contributed by atoms with E-state index in [0.717, 1.165) is 12.1 Å². The van der Waals surface area contributed by atoms with Crippen molar-refractivity contribution < 1.29 is 22.7 Å². The molecule has 0 saturated heterocycles. The summed E-state index contributed by atoms with van der Waals surface area (Å²) in [6.45, 7) is 1.61. The highest BCUT2D eigenvalue weighted by Crippen LogP contribution is 2.38. The summed E-state index contributed by atoms with van der Waals surface area (Å²) < 4.78 is 45.8. The molecule has 0 aliphatic heterocycles. The molecule has 3 rings (SSSR count). The Balaban J connectivity index is 2.26. The lowest BCUT2D eigenvalue weighted by molar-refractivity contribution is -0.133. The first-order valence-corrected chi connectivity index (χ1v) is 6.97. The summed E-state index contributed by atoms with van der Waals surface area (Å²) in [5.74, 6) is -2.54. The first-order valence-electron chi connectivity index (χ1n) is 6.97. The third kappa shape index (κ3) is 2.79. The van der Waals surface area contributed by atoms with Crippen LogP contribution in [0.3, 0.4) is 0 Å². The molecule has 1 aromatic heterocycles. The van der Waals surface area contributed by atoms with Gasteiger partial charge in [-0.1, -0.05) is 6.92 Å². The van der Waals surface area contributed by atoms with Gasteiger partial charge >= 0.3 is 5.97 Å². The lowest BCUT2D eigenvalue weighted by atomic mass is 10.1. The van der Waals surface area contributed by atoms with Gasteiger partial charge < -0.3 is 9.72 Å². The van der Waals surface area contributed by atoms with Gasteiger partial charge in [-0.15, -0.1) is 0 Å². The van der Waals surface area contributed by atoms with Crippen molar-refractivity contribution in [2.75, 3.05) is 0 Å². The molecule has 6 heteroatoms. The monoisotopic (exact) mass is 319 g/mol. The molecule has 0 spiro atoms. The second-order valence-corrected chi connectivity index (χ2v) is 4.97. The van der Waals surface area contributed by atoms with Gasteiger partial charge in [-0.25, -0.2) is 13.2 Å². The zero-order chi connectivity index (χ0) is 16.6. The summed E-state index contributed by atoms with van der Waals surface area (Å²) in [5.41, 5.74) is 0.789. The summed E-state index contributed by atoms with van der Waals surface area (Å²) in [5, 5.41) is 0.114. The smallest absolute Gasteiger partial charge is 0.310 e. The number of H-pyrrole nitrogens is 1. The van der Waals surface area contributed by atoms with E-state index in [1.165, 1.54) is 24.3 Å². The van der Waals surface area contributed by atoms with Gasteiger partial charge in [0.15, 0.2) is 5.75 Å². The molecule has 0 amide bonds. The van der Waals surface area contributed by atoms with E-state index in [2.05, 4.69) is 4.98 Å². The third-order valence-electron chi connectivity index (χ3n) is 3.41. The number of halogens is 3. The molecule has 0 atom stereocenters. The average molecular weight is 319 g/mol. The first kappa shape index (κ1) is 15.1. The number of nitrogens with one attached hydrogen (secondary N) is 1. The van der Waals surface area contributed by atoms with E-state index < -0.39 is 23.4 Å². The Kier molecular flexibility index (Phi) is 3.82. The standard InChI is InChI=1S/C17H12F3NO2/c1-2-14(22)23-17-12-7-11(19)8-13(20)16(12)21-15(17)9-3-5-10(18)6-4-9/h3-8,21H,2H2,1H3. The zero-order valence-corrected chi connectivity index (χ0v) is 12.1. The Labute approximate surface area is 129 Å². The number of aromatic nitrogens is 1. The fourth-order valence-corrected chi connectivity index (χ4v) is 2.31. The molecule has 23 heavy (non-hydrogen) atoms. The maximum atomic E-state index is 14.0. The zero-order valence-electron chi connectivity index (χ0n) is 12.1. The SMILES string of the molecule is CCC(=O)Oc1c(-c2ccc(F)cc2)[nH]c2c(F)cc(F)cc12. The van der Waals surface area contributed by atoms with Crippen LogP contribution in [0.5, 0.6) is 5.75 Å². The van der Waals surface area contributed by atoms with Crippen molar-refractivity contribution in [2.24, 2.45) is 0 Å². The van der Waals surface area contributed by atoms with Gasteiger partial charge in [-0.3, -0.25) is 4.79 Å². The van der Waals surface area contributed by atoms with Crippen LogP contribution in [-0.2, 0) is 4.79 Å². The molecule has 1 N–H and O–H groups in total. The fourth-order valence-electron chi connectivity index (χ4n) is 2.31. The van der Waals surface area contributed by atoms with E-state index in [-0.39, 0.29) is 28.8 Å². The van der Waals surface area contributed by atoms with Gasteiger partial charge in [0.2, 0.25) is 0 Å². The number of hydrogen-bond donors (Lipinski definition) is 1. The molecule has 2 aromatic carbocycles. The van der Waals surface area contributed by atoms with Crippen molar-refractivity contribution in [1.82, 2.24) is 4.98 Å². The molecular weight excluding hydrogens is 307 g/mol. The van der Waals surface area contributed by atoms with Crippen LogP contribution in [0.15, 0.2) is 36.4 Å². The number of benzene rings is 2. The Morgan fingerprint density at radius 1 is 1.09 bits per heavy atom. The lowest BCUT2D eigenvalue weighted by Crippen LogP contribution is -2.06. The molecule has 0 fully saturated rings. The molecular formula is C17H12F3NO2.